The van der Waals surface area contributed by atoms with Crippen LogP contribution in [-0.2, 0) is 14.3 Å². The summed E-state index contributed by atoms with van der Waals surface area (Å²) in [4.78, 5) is 25.7. The molecule has 2 aromatic rings. The zero-order chi connectivity index (χ0) is 17.4. The third-order valence-electron chi connectivity index (χ3n) is 3.23. The average molecular weight is 384 g/mol. The van der Waals surface area contributed by atoms with Gasteiger partial charge in [-0.15, -0.1) is 23.1 Å². The van der Waals surface area contributed by atoms with Crippen LogP contribution in [0.25, 0.3) is 0 Å². The molecule has 24 heavy (non-hydrogen) atoms. The highest BCUT2D eigenvalue weighted by Crippen LogP contribution is 2.24. The lowest BCUT2D eigenvalue weighted by Gasteiger charge is -2.16. The zero-order valence-corrected chi connectivity index (χ0v) is 15.5. The van der Waals surface area contributed by atoms with Gasteiger partial charge in [0.1, 0.15) is 0 Å². The number of rotatable bonds is 8. The van der Waals surface area contributed by atoms with E-state index in [0.717, 1.165) is 9.77 Å². The number of methoxy groups -OCH3 is 1. The molecule has 2 rings (SSSR count). The summed E-state index contributed by atoms with van der Waals surface area (Å²) in [7, 11) is 1.35. The van der Waals surface area contributed by atoms with Gasteiger partial charge in [-0.1, -0.05) is 17.7 Å². The average Bonchev–Trinajstić information content (AvgIpc) is 3.10. The Morgan fingerprint density at radius 2 is 2.04 bits per heavy atom. The number of carbonyl (C=O) groups excluding carboxylic acids is 2. The van der Waals surface area contributed by atoms with Crippen molar-refractivity contribution in [2.24, 2.45) is 0 Å². The van der Waals surface area contributed by atoms with Crippen molar-refractivity contribution in [3.8, 4) is 0 Å². The van der Waals surface area contributed by atoms with Gasteiger partial charge in [0, 0.05) is 27.0 Å². The third-order valence-corrected chi connectivity index (χ3v) is 5.48. The number of thiophene rings is 1. The zero-order valence-electron chi connectivity index (χ0n) is 13.2. The molecule has 0 aliphatic rings. The second kappa shape index (κ2) is 9.71. The van der Waals surface area contributed by atoms with Crippen molar-refractivity contribution >= 4 is 46.6 Å². The van der Waals surface area contributed by atoms with Gasteiger partial charge < -0.3 is 10.1 Å². The molecule has 1 aromatic carbocycles. The lowest BCUT2D eigenvalue weighted by Crippen LogP contribution is -2.30. The molecule has 7 heteroatoms. The van der Waals surface area contributed by atoms with Crippen LogP contribution in [0.2, 0.25) is 5.02 Å². The fourth-order valence-corrected chi connectivity index (χ4v) is 3.78. The van der Waals surface area contributed by atoms with E-state index in [1.54, 1.807) is 11.8 Å². The lowest BCUT2D eigenvalue weighted by molar-refractivity contribution is -0.141. The van der Waals surface area contributed by atoms with Crippen LogP contribution in [0.15, 0.2) is 46.7 Å². The van der Waals surface area contributed by atoms with Crippen molar-refractivity contribution in [1.82, 2.24) is 5.32 Å². The fourth-order valence-electron chi connectivity index (χ4n) is 2.02. The molecule has 0 aliphatic carbocycles. The van der Waals surface area contributed by atoms with Gasteiger partial charge in [0.05, 0.1) is 19.6 Å². The minimum Gasteiger partial charge on any atom is -0.469 e. The number of hydrogen-bond donors (Lipinski definition) is 1. The Morgan fingerprint density at radius 1 is 1.29 bits per heavy atom. The summed E-state index contributed by atoms with van der Waals surface area (Å²) >= 11 is 8.94. The molecule has 0 saturated carbocycles. The normalized spacial score (nSPS) is 11.8. The molecular formula is C17H18ClNO3S2. The first-order chi connectivity index (χ1) is 11.6. The van der Waals surface area contributed by atoms with Crippen LogP contribution in [0.5, 0.6) is 0 Å². The number of carbonyl (C=O) groups is 2. The number of benzene rings is 1. The van der Waals surface area contributed by atoms with Crippen LogP contribution in [-0.4, -0.2) is 24.7 Å². The highest BCUT2D eigenvalue weighted by molar-refractivity contribution is 7.99. The first-order valence-corrected chi connectivity index (χ1v) is 9.60. The van der Waals surface area contributed by atoms with Gasteiger partial charge >= 0.3 is 5.97 Å². The molecular weight excluding hydrogens is 366 g/mol. The Morgan fingerprint density at radius 3 is 2.67 bits per heavy atom. The van der Waals surface area contributed by atoms with Crippen LogP contribution < -0.4 is 5.32 Å². The predicted octanol–water partition coefficient (Wildman–Crippen LogP) is 4.30. The number of thioether (sulfide) groups is 1. The maximum Gasteiger partial charge on any atom is 0.307 e. The Kier molecular flexibility index (Phi) is 7.62. The molecule has 1 amide bonds. The van der Waals surface area contributed by atoms with Crippen molar-refractivity contribution in [3.63, 3.8) is 0 Å². The molecule has 1 heterocycles. The van der Waals surface area contributed by atoms with Crippen molar-refractivity contribution in [2.45, 2.75) is 23.8 Å². The van der Waals surface area contributed by atoms with Crippen LogP contribution in [0.3, 0.4) is 0 Å². The van der Waals surface area contributed by atoms with E-state index >= 15 is 0 Å². The van der Waals surface area contributed by atoms with E-state index in [2.05, 4.69) is 5.32 Å². The van der Waals surface area contributed by atoms with Gasteiger partial charge in [0.2, 0.25) is 5.91 Å². The minimum absolute atomic E-state index is 0.0845. The summed E-state index contributed by atoms with van der Waals surface area (Å²) in [5.74, 6) is 0.228. The highest BCUT2D eigenvalue weighted by Gasteiger charge is 2.19. The molecule has 1 N–H and O–H groups in total. The first-order valence-electron chi connectivity index (χ1n) is 7.36. The van der Waals surface area contributed by atoms with E-state index in [1.807, 2.05) is 41.8 Å². The second-order valence-electron chi connectivity index (χ2n) is 4.97. The molecule has 1 unspecified atom stereocenters. The molecule has 0 bridgehead atoms. The quantitative estimate of drug-likeness (QED) is 0.545. The van der Waals surface area contributed by atoms with Crippen LogP contribution in [0.1, 0.15) is 23.8 Å². The fraction of sp³-hybridized carbons (Fsp3) is 0.294. The Labute approximate surface area is 154 Å². The Balaban J connectivity index is 1.83. The van der Waals surface area contributed by atoms with Crippen LogP contribution >= 0.6 is 34.7 Å². The number of ether oxygens (including phenoxy) is 1. The van der Waals surface area contributed by atoms with E-state index in [9.17, 15) is 9.59 Å². The minimum atomic E-state index is -0.343. The number of nitrogens with one attached hydrogen (secondary N) is 1. The Bertz CT molecular complexity index is 659. The predicted molar refractivity (Wildman–Crippen MR) is 98.6 cm³/mol. The largest absolute Gasteiger partial charge is 0.469 e. The summed E-state index contributed by atoms with van der Waals surface area (Å²) in [6, 6.07) is 11.0. The van der Waals surface area contributed by atoms with E-state index in [4.69, 9.17) is 16.3 Å². The Hall–Kier alpha value is -1.50. The molecule has 4 nitrogen and oxygen atoms in total. The molecule has 0 radical (unpaired) electrons. The molecule has 128 valence electrons. The third kappa shape index (κ3) is 6.19. The topological polar surface area (TPSA) is 55.4 Å². The molecule has 0 spiro atoms. The van der Waals surface area contributed by atoms with Gasteiger partial charge in [-0.05, 0) is 35.7 Å². The van der Waals surface area contributed by atoms with Crippen molar-refractivity contribution in [2.75, 3.05) is 12.9 Å². The highest BCUT2D eigenvalue weighted by atomic mass is 35.5. The number of hydrogen-bond acceptors (Lipinski definition) is 5. The summed E-state index contributed by atoms with van der Waals surface area (Å²) in [6.07, 6.45) is 0.503. The standard InChI is InChI=1S/C17H18ClNO3S2/c1-22-17(21)11-14(15-3-2-9-24-15)19-16(20)8-10-23-13-6-4-12(18)5-7-13/h2-7,9,14H,8,10-11H2,1H3,(H,19,20). The van der Waals surface area contributed by atoms with Gasteiger partial charge in [0.25, 0.3) is 0 Å². The first kappa shape index (κ1) is 18.8. The monoisotopic (exact) mass is 383 g/mol. The van der Waals surface area contributed by atoms with E-state index in [-0.39, 0.29) is 24.3 Å². The number of halogens is 1. The van der Waals surface area contributed by atoms with Crippen molar-refractivity contribution < 1.29 is 14.3 Å². The number of esters is 1. The molecule has 0 saturated heterocycles. The molecule has 1 atom stereocenters. The van der Waals surface area contributed by atoms with E-state index in [1.165, 1.54) is 18.4 Å². The van der Waals surface area contributed by atoms with E-state index in [0.29, 0.717) is 17.2 Å². The maximum atomic E-state index is 12.2. The van der Waals surface area contributed by atoms with Crippen LogP contribution in [0.4, 0.5) is 0 Å². The summed E-state index contributed by atoms with van der Waals surface area (Å²) in [5.41, 5.74) is 0. The molecule has 1 aromatic heterocycles. The smallest absolute Gasteiger partial charge is 0.307 e. The summed E-state index contributed by atoms with van der Waals surface area (Å²) < 4.78 is 4.71. The SMILES string of the molecule is COC(=O)CC(NC(=O)CCSc1ccc(Cl)cc1)c1cccs1. The molecule has 0 aliphatic heterocycles. The lowest BCUT2D eigenvalue weighted by atomic mass is 10.1. The maximum absolute atomic E-state index is 12.2. The summed E-state index contributed by atoms with van der Waals surface area (Å²) in [5, 5.41) is 5.53. The van der Waals surface area contributed by atoms with Gasteiger partial charge in [-0.25, -0.2) is 0 Å². The van der Waals surface area contributed by atoms with Crippen LogP contribution in [0, 0.1) is 0 Å². The summed E-state index contributed by atoms with van der Waals surface area (Å²) in [6.45, 7) is 0. The van der Waals surface area contributed by atoms with Gasteiger partial charge in [-0.2, -0.15) is 0 Å². The number of amides is 1. The van der Waals surface area contributed by atoms with Crippen molar-refractivity contribution in [1.29, 1.82) is 0 Å². The van der Waals surface area contributed by atoms with Gasteiger partial charge in [0.15, 0.2) is 0 Å². The second-order valence-corrected chi connectivity index (χ2v) is 7.55. The van der Waals surface area contributed by atoms with Crippen molar-refractivity contribution in [3.05, 3.63) is 51.7 Å². The molecule has 0 fully saturated rings. The van der Waals surface area contributed by atoms with E-state index < -0.39 is 0 Å². The van der Waals surface area contributed by atoms with Gasteiger partial charge in [-0.3, -0.25) is 9.59 Å².